The molecule has 2 aliphatic rings. The number of nitrogens with zero attached hydrogens (tertiary/aromatic N) is 2. The van der Waals surface area contributed by atoms with Gasteiger partial charge in [-0.25, -0.2) is 0 Å². The molecule has 2 amide bonds. The molecule has 0 atom stereocenters. The van der Waals surface area contributed by atoms with Crippen LogP contribution in [0.25, 0.3) is 0 Å². The van der Waals surface area contributed by atoms with E-state index < -0.39 is 0 Å². The molecular weight excluding hydrogens is 242 g/mol. The van der Waals surface area contributed by atoms with E-state index in [0.29, 0.717) is 25.4 Å². The zero-order chi connectivity index (χ0) is 13.7. The van der Waals surface area contributed by atoms with Crippen molar-refractivity contribution in [2.75, 3.05) is 39.3 Å². The van der Waals surface area contributed by atoms with Crippen molar-refractivity contribution in [3.8, 4) is 0 Å². The normalized spacial score (nSPS) is 22.2. The average molecular weight is 267 g/mol. The Labute approximate surface area is 115 Å². The van der Waals surface area contributed by atoms with Gasteiger partial charge in [-0.1, -0.05) is 0 Å². The highest BCUT2D eigenvalue weighted by atomic mass is 16.2. The zero-order valence-corrected chi connectivity index (χ0v) is 11.9. The van der Waals surface area contributed by atoms with Gasteiger partial charge in [-0.2, -0.15) is 0 Å². The highest BCUT2D eigenvalue weighted by Gasteiger charge is 2.23. The Morgan fingerprint density at radius 3 is 2.37 bits per heavy atom. The maximum atomic E-state index is 12.3. The van der Waals surface area contributed by atoms with Crippen LogP contribution < -0.4 is 5.32 Å². The molecule has 0 aliphatic carbocycles. The minimum absolute atomic E-state index is 0.118. The minimum Gasteiger partial charge on any atom is -0.341 e. The van der Waals surface area contributed by atoms with E-state index in [-0.39, 0.29) is 11.8 Å². The van der Waals surface area contributed by atoms with Crippen LogP contribution in [0.2, 0.25) is 0 Å². The molecule has 0 saturated carbocycles. The monoisotopic (exact) mass is 267 g/mol. The lowest BCUT2D eigenvalue weighted by Gasteiger charge is -2.26. The van der Waals surface area contributed by atoms with E-state index in [4.69, 9.17) is 0 Å². The van der Waals surface area contributed by atoms with Crippen molar-refractivity contribution in [2.45, 2.75) is 32.6 Å². The largest absolute Gasteiger partial charge is 0.341 e. The van der Waals surface area contributed by atoms with Gasteiger partial charge in [0.15, 0.2) is 0 Å². The Bertz CT molecular complexity index is 327. The van der Waals surface area contributed by atoms with Crippen molar-refractivity contribution < 1.29 is 9.59 Å². The molecule has 2 saturated heterocycles. The molecule has 2 heterocycles. The molecule has 0 radical (unpaired) electrons. The molecule has 0 aromatic rings. The molecular formula is C14H25N3O2. The maximum Gasteiger partial charge on any atom is 0.222 e. The fourth-order valence-corrected chi connectivity index (χ4v) is 2.94. The Balaban J connectivity index is 1.80. The van der Waals surface area contributed by atoms with Gasteiger partial charge >= 0.3 is 0 Å². The lowest BCUT2D eigenvalue weighted by molar-refractivity contribution is -0.133. The summed E-state index contributed by atoms with van der Waals surface area (Å²) in [5.41, 5.74) is 0. The SMILES string of the molecule is CC(=O)N1CCCN(C(=O)CC2CCNCC2)CC1. The summed E-state index contributed by atoms with van der Waals surface area (Å²) in [6.45, 7) is 6.65. The number of hydrogen-bond donors (Lipinski definition) is 1. The van der Waals surface area contributed by atoms with Gasteiger partial charge in [0, 0.05) is 39.5 Å². The number of carbonyl (C=O) groups is 2. The standard InChI is InChI=1S/C14H25N3O2/c1-12(18)16-7-2-8-17(10-9-16)14(19)11-13-3-5-15-6-4-13/h13,15H,2-11H2,1H3. The lowest BCUT2D eigenvalue weighted by atomic mass is 9.94. The van der Waals surface area contributed by atoms with Crippen molar-refractivity contribution in [2.24, 2.45) is 5.92 Å². The fourth-order valence-electron chi connectivity index (χ4n) is 2.94. The van der Waals surface area contributed by atoms with E-state index in [0.717, 1.165) is 45.4 Å². The molecule has 0 unspecified atom stereocenters. The molecule has 0 aromatic heterocycles. The first-order chi connectivity index (χ1) is 9.16. The van der Waals surface area contributed by atoms with Gasteiger partial charge in [-0.15, -0.1) is 0 Å². The molecule has 2 fully saturated rings. The van der Waals surface area contributed by atoms with Crippen LogP contribution in [0.3, 0.4) is 0 Å². The molecule has 0 spiro atoms. The minimum atomic E-state index is 0.118. The summed E-state index contributed by atoms with van der Waals surface area (Å²) in [6.07, 6.45) is 3.80. The van der Waals surface area contributed by atoms with Gasteiger partial charge in [0.2, 0.25) is 11.8 Å². The third kappa shape index (κ3) is 4.20. The van der Waals surface area contributed by atoms with Gasteiger partial charge in [-0.3, -0.25) is 9.59 Å². The van der Waals surface area contributed by atoms with E-state index in [9.17, 15) is 9.59 Å². The molecule has 0 bridgehead atoms. The summed E-state index contributed by atoms with van der Waals surface area (Å²) in [5.74, 6) is 0.936. The molecule has 0 aromatic carbocycles. The Hall–Kier alpha value is -1.10. The van der Waals surface area contributed by atoms with Crippen LogP contribution in [-0.2, 0) is 9.59 Å². The quantitative estimate of drug-likeness (QED) is 0.790. The number of carbonyl (C=O) groups excluding carboxylic acids is 2. The molecule has 5 heteroatoms. The van der Waals surface area contributed by atoms with Crippen molar-refractivity contribution in [3.05, 3.63) is 0 Å². The van der Waals surface area contributed by atoms with Crippen molar-refractivity contribution in [1.29, 1.82) is 0 Å². The van der Waals surface area contributed by atoms with Crippen LogP contribution in [-0.4, -0.2) is 60.9 Å². The second-order valence-corrected chi connectivity index (χ2v) is 5.64. The van der Waals surface area contributed by atoms with E-state index in [1.165, 1.54) is 0 Å². The van der Waals surface area contributed by atoms with Gasteiger partial charge in [0.1, 0.15) is 0 Å². The predicted octanol–water partition coefficient (Wildman–Crippen LogP) is 0.457. The van der Waals surface area contributed by atoms with Crippen LogP contribution in [0, 0.1) is 5.92 Å². The number of rotatable bonds is 2. The second-order valence-electron chi connectivity index (χ2n) is 5.64. The van der Waals surface area contributed by atoms with Gasteiger partial charge in [0.05, 0.1) is 0 Å². The first kappa shape index (κ1) is 14.3. The molecule has 2 rings (SSSR count). The van der Waals surface area contributed by atoms with Crippen molar-refractivity contribution in [3.63, 3.8) is 0 Å². The van der Waals surface area contributed by atoms with Crippen LogP contribution in [0.1, 0.15) is 32.6 Å². The van der Waals surface area contributed by atoms with E-state index in [2.05, 4.69) is 5.32 Å². The lowest BCUT2D eigenvalue weighted by Crippen LogP contribution is -2.38. The molecule has 2 aliphatic heterocycles. The Morgan fingerprint density at radius 2 is 1.68 bits per heavy atom. The first-order valence-electron chi connectivity index (χ1n) is 7.41. The van der Waals surface area contributed by atoms with Crippen molar-refractivity contribution >= 4 is 11.8 Å². The van der Waals surface area contributed by atoms with E-state index in [1.54, 1.807) is 6.92 Å². The number of hydrogen-bond acceptors (Lipinski definition) is 3. The summed E-state index contributed by atoms with van der Waals surface area (Å²) in [5, 5.41) is 3.33. The van der Waals surface area contributed by atoms with Crippen LogP contribution in [0.15, 0.2) is 0 Å². The third-order valence-electron chi connectivity index (χ3n) is 4.22. The topological polar surface area (TPSA) is 52.7 Å². The Kier molecular flexibility index (Phi) is 5.19. The number of nitrogens with one attached hydrogen (secondary N) is 1. The third-order valence-corrected chi connectivity index (χ3v) is 4.22. The van der Waals surface area contributed by atoms with Gasteiger partial charge in [0.25, 0.3) is 0 Å². The van der Waals surface area contributed by atoms with Gasteiger partial charge < -0.3 is 15.1 Å². The first-order valence-corrected chi connectivity index (χ1v) is 7.41. The summed E-state index contributed by atoms with van der Waals surface area (Å²) in [4.78, 5) is 27.5. The summed E-state index contributed by atoms with van der Waals surface area (Å²) in [7, 11) is 0. The van der Waals surface area contributed by atoms with Crippen LogP contribution >= 0.6 is 0 Å². The second kappa shape index (κ2) is 6.89. The number of amides is 2. The van der Waals surface area contributed by atoms with Crippen LogP contribution in [0.5, 0.6) is 0 Å². The molecule has 19 heavy (non-hydrogen) atoms. The fraction of sp³-hybridized carbons (Fsp3) is 0.857. The van der Waals surface area contributed by atoms with E-state index >= 15 is 0 Å². The highest BCUT2D eigenvalue weighted by molar-refractivity contribution is 5.77. The molecule has 1 N–H and O–H groups in total. The van der Waals surface area contributed by atoms with Crippen molar-refractivity contribution in [1.82, 2.24) is 15.1 Å². The molecule has 5 nitrogen and oxygen atoms in total. The van der Waals surface area contributed by atoms with Crippen LogP contribution in [0.4, 0.5) is 0 Å². The average Bonchev–Trinajstić information content (AvgIpc) is 2.65. The smallest absolute Gasteiger partial charge is 0.222 e. The summed E-state index contributed by atoms with van der Waals surface area (Å²) in [6, 6.07) is 0. The predicted molar refractivity (Wildman–Crippen MR) is 73.7 cm³/mol. The van der Waals surface area contributed by atoms with Gasteiger partial charge in [-0.05, 0) is 38.3 Å². The maximum absolute atomic E-state index is 12.3. The zero-order valence-electron chi connectivity index (χ0n) is 11.9. The molecule has 108 valence electrons. The Morgan fingerprint density at radius 1 is 1.05 bits per heavy atom. The summed E-state index contributed by atoms with van der Waals surface area (Å²) < 4.78 is 0. The highest BCUT2D eigenvalue weighted by Crippen LogP contribution is 2.18. The number of piperidine rings is 1. The van der Waals surface area contributed by atoms with E-state index in [1.807, 2.05) is 9.80 Å². The summed E-state index contributed by atoms with van der Waals surface area (Å²) >= 11 is 0.